The summed E-state index contributed by atoms with van der Waals surface area (Å²) in [5, 5.41) is 2.31. The fraction of sp³-hybridized carbons (Fsp3) is 0.533. The third-order valence-electron chi connectivity index (χ3n) is 4.32. The number of amides is 4. The maximum atomic E-state index is 12.5. The first-order valence-corrected chi connectivity index (χ1v) is 7.35. The minimum Gasteiger partial charge on any atom is -0.469 e. The highest BCUT2D eigenvalue weighted by Crippen LogP contribution is 2.33. The summed E-state index contributed by atoms with van der Waals surface area (Å²) in [6.07, 6.45) is 5.86. The second kappa shape index (κ2) is 5.71. The summed E-state index contributed by atoms with van der Waals surface area (Å²) in [6.45, 7) is 0.231. The standard InChI is InChI=1S/C15H18N2O4/c18-13-12(10-4-1-2-5-10)14(19)17(15(20)16-13)8-7-11-6-3-9-21-11/h3,6,9-10,12H,1-2,4-5,7-8H2,(H,16,18,20). The number of nitrogens with one attached hydrogen (secondary N) is 1. The Balaban J connectivity index is 1.71. The molecular formula is C15H18N2O4. The van der Waals surface area contributed by atoms with E-state index >= 15 is 0 Å². The zero-order chi connectivity index (χ0) is 14.8. The number of hydrogen-bond acceptors (Lipinski definition) is 4. The van der Waals surface area contributed by atoms with Gasteiger partial charge in [-0.1, -0.05) is 12.8 Å². The molecule has 2 fully saturated rings. The Morgan fingerprint density at radius 2 is 2.00 bits per heavy atom. The van der Waals surface area contributed by atoms with Crippen molar-refractivity contribution in [3.8, 4) is 0 Å². The number of barbiturate groups is 1. The van der Waals surface area contributed by atoms with Gasteiger partial charge in [0.05, 0.1) is 6.26 Å². The SMILES string of the molecule is O=C1NC(=O)N(CCc2ccco2)C(=O)C1C1CCCC1. The molecule has 0 bridgehead atoms. The number of carbonyl (C=O) groups is 3. The summed E-state index contributed by atoms with van der Waals surface area (Å²) in [5.41, 5.74) is 0. The molecule has 1 saturated carbocycles. The van der Waals surface area contributed by atoms with Crippen molar-refractivity contribution in [2.45, 2.75) is 32.1 Å². The van der Waals surface area contributed by atoms with Gasteiger partial charge >= 0.3 is 6.03 Å². The second-order valence-corrected chi connectivity index (χ2v) is 5.64. The molecule has 1 atom stereocenters. The smallest absolute Gasteiger partial charge is 0.330 e. The molecule has 2 heterocycles. The molecule has 112 valence electrons. The Morgan fingerprint density at radius 1 is 1.24 bits per heavy atom. The Bertz CT molecular complexity index is 546. The van der Waals surface area contributed by atoms with Gasteiger partial charge in [0, 0.05) is 13.0 Å². The van der Waals surface area contributed by atoms with Gasteiger partial charge in [0.2, 0.25) is 11.8 Å². The van der Waals surface area contributed by atoms with Gasteiger partial charge in [-0.2, -0.15) is 0 Å². The highest BCUT2D eigenvalue weighted by atomic mass is 16.3. The van der Waals surface area contributed by atoms with Crippen molar-refractivity contribution in [2.75, 3.05) is 6.54 Å². The molecule has 4 amide bonds. The molecule has 0 radical (unpaired) electrons. The minimum atomic E-state index is -0.707. The largest absolute Gasteiger partial charge is 0.469 e. The lowest BCUT2D eigenvalue weighted by atomic mass is 9.87. The van der Waals surface area contributed by atoms with Gasteiger partial charge in [0.25, 0.3) is 0 Å². The van der Waals surface area contributed by atoms with Crippen LogP contribution < -0.4 is 5.32 Å². The van der Waals surface area contributed by atoms with Crippen LogP contribution in [0.3, 0.4) is 0 Å². The summed E-state index contributed by atoms with van der Waals surface area (Å²) in [4.78, 5) is 37.5. The van der Waals surface area contributed by atoms with Crippen molar-refractivity contribution >= 4 is 17.8 Å². The van der Waals surface area contributed by atoms with Crippen molar-refractivity contribution < 1.29 is 18.8 Å². The van der Waals surface area contributed by atoms with Crippen LogP contribution in [0.25, 0.3) is 0 Å². The monoisotopic (exact) mass is 290 g/mol. The van der Waals surface area contributed by atoms with Crippen LogP contribution in [-0.2, 0) is 16.0 Å². The zero-order valence-electron chi connectivity index (χ0n) is 11.7. The molecule has 0 spiro atoms. The normalized spacial score (nSPS) is 23.7. The van der Waals surface area contributed by atoms with E-state index in [0.29, 0.717) is 12.2 Å². The van der Waals surface area contributed by atoms with Crippen LogP contribution in [0.15, 0.2) is 22.8 Å². The molecule has 21 heavy (non-hydrogen) atoms. The predicted molar refractivity (Wildman–Crippen MR) is 73.1 cm³/mol. The third kappa shape index (κ3) is 2.70. The first-order chi connectivity index (χ1) is 10.2. The van der Waals surface area contributed by atoms with Gasteiger partial charge in [-0.3, -0.25) is 19.8 Å². The number of imide groups is 2. The van der Waals surface area contributed by atoms with E-state index in [0.717, 1.165) is 30.6 Å². The lowest BCUT2D eigenvalue weighted by molar-refractivity contribution is -0.145. The lowest BCUT2D eigenvalue weighted by Gasteiger charge is -2.32. The fourth-order valence-electron chi connectivity index (χ4n) is 3.23. The van der Waals surface area contributed by atoms with E-state index in [1.807, 2.05) is 0 Å². The van der Waals surface area contributed by atoms with E-state index in [-0.39, 0.29) is 18.4 Å². The molecule has 6 nitrogen and oxygen atoms in total. The molecule has 1 aromatic rings. The second-order valence-electron chi connectivity index (χ2n) is 5.64. The number of nitrogens with zero attached hydrogens (tertiary/aromatic N) is 1. The van der Waals surface area contributed by atoms with Crippen LogP contribution in [-0.4, -0.2) is 29.3 Å². The lowest BCUT2D eigenvalue weighted by Crippen LogP contribution is -2.59. The number of rotatable bonds is 4. The van der Waals surface area contributed by atoms with E-state index < -0.39 is 17.9 Å². The molecule has 1 saturated heterocycles. The predicted octanol–water partition coefficient (Wildman–Crippen LogP) is 1.71. The van der Waals surface area contributed by atoms with Crippen LogP contribution in [0.1, 0.15) is 31.4 Å². The highest BCUT2D eigenvalue weighted by Gasteiger charge is 2.45. The minimum absolute atomic E-state index is 0.0664. The Kier molecular flexibility index (Phi) is 3.77. The maximum Gasteiger partial charge on any atom is 0.330 e. The number of hydrogen-bond donors (Lipinski definition) is 1. The Morgan fingerprint density at radius 3 is 2.67 bits per heavy atom. The molecule has 1 N–H and O–H groups in total. The first kappa shape index (κ1) is 13.9. The topological polar surface area (TPSA) is 79.6 Å². The van der Waals surface area contributed by atoms with Crippen molar-refractivity contribution in [2.24, 2.45) is 11.8 Å². The van der Waals surface area contributed by atoms with E-state index in [1.165, 1.54) is 0 Å². The average Bonchev–Trinajstić information content (AvgIpc) is 3.10. The summed E-state index contributed by atoms with van der Waals surface area (Å²) in [5.74, 6) is -0.725. The fourth-order valence-corrected chi connectivity index (χ4v) is 3.23. The summed E-state index contributed by atoms with van der Waals surface area (Å²) in [6, 6.07) is 2.94. The molecule has 1 aliphatic heterocycles. The molecule has 1 aliphatic carbocycles. The summed E-state index contributed by atoms with van der Waals surface area (Å²) >= 11 is 0. The molecule has 0 aromatic carbocycles. The number of urea groups is 1. The number of furan rings is 1. The van der Waals surface area contributed by atoms with Crippen LogP contribution in [0.4, 0.5) is 4.79 Å². The maximum absolute atomic E-state index is 12.5. The van der Waals surface area contributed by atoms with Crippen LogP contribution >= 0.6 is 0 Å². The van der Waals surface area contributed by atoms with Gasteiger partial charge in [0.15, 0.2) is 0 Å². The summed E-state index contributed by atoms with van der Waals surface area (Å²) < 4.78 is 5.21. The first-order valence-electron chi connectivity index (χ1n) is 7.35. The van der Waals surface area contributed by atoms with Crippen molar-refractivity contribution in [3.63, 3.8) is 0 Å². The molecule has 1 aromatic heterocycles. The van der Waals surface area contributed by atoms with Gasteiger partial charge in [-0.25, -0.2) is 4.79 Å². The molecule has 2 aliphatic rings. The van der Waals surface area contributed by atoms with Crippen molar-refractivity contribution in [1.29, 1.82) is 0 Å². The van der Waals surface area contributed by atoms with E-state index in [4.69, 9.17) is 4.42 Å². The van der Waals surface area contributed by atoms with E-state index in [1.54, 1.807) is 18.4 Å². The van der Waals surface area contributed by atoms with Crippen molar-refractivity contribution in [1.82, 2.24) is 10.2 Å². The van der Waals surface area contributed by atoms with Crippen molar-refractivity contribution in [3.05, 3.63) is 24.2 Å². The van der Waals surface area contributed by atoms with Gasteiger partial charge < -0.3 is 4.42 Å². The quantitative estimate of drug-likeness (QED) is 0.856. The van der Waals surface area contributed by atoms with E-state index in [9.17, 15) is 14.4 Å². The third-order valence-corrected chi connectivity index (χ3v) is 4.32. The van der Waals surface area contributed by atoms with E-state index in [2.05, 4.69) is 5.32 Å². The van der Waals surface area contributed by atoms with Crippen LogP contribution in [0.2, 0.25) is 0 Å². The molecule has 1 unspecified atom stereocenters. The summed E-state index contributed by atoms with van der Waals surface area (Å²) in [7, 11) is 0. The Labute approximate surface area is 122 Å². The highest BCUT2D eigenvalue weighted by molar-refractivity contribution is 6.16. The van der Waals surface area contributed by atoms with Gasteiger partial charge in [-0.15, -0.1) is 0 Å². The molecular weight excluding hydrogens is 272 g/mol. The van der Waals surface area contributed by atoms with Crippen LogP contribution in [0.5, 0.6) is 0 Å². The van der Waals surface area contributed by atoms with Gasteiger partial charge in [0.1, 0.15) is 11.7 Å². The number of carbonyl (C=O) groups excluding carboxylic acids is 3. The molecule has 6 heteroatoms. The zero-order valence-corrected chi connectivity index (χ0v) is 11.7. The molecule has 3 rings (SSSR count). The Hall–Kier alpha value is -2.11. The van der Waals surface area contributed by atoms with Gasteiger partial charge in [-0.05, 0) is 30.9 Å². The van der Waals surface area contributed by atoms with Crippen LogP contribution in [0, 0.1) is 11.8 Å². The average molecular weight is 290 g/mol.